The van der Waals surface area contributed by atoms with Gasteiger partial charge >= 0.3 is 13.3 Å². The molecule has 0 bridgehead atoms. The molecule has 0 aliphatic carbocycles. The number of rotatable bonds is 22. The van der Waals surface area contributed by atoms with Crippen molar-refractivity contribution in [2.75, 3.05) is 13.1 Å². The van der Waals surface area contributed by atoms with Crippen LogP contribution in [0.2, 0.25) is 0 Å². The quantitative estimate of drug-likeness (QED) is 0.0271. The number of unbranched alkanes of at least 4 members (excludes halogenated alkanes) is 4. The molecule has 8 amide bonds. The van der Waals surface area contributed by atoms with Crippen molar-refractivity contribution in [2.45, 2.75) is 126 Å². The molecule has 3 aliphatic heterocycles. The van der Waals surface area contributed by atoms with E-state index in [0.29, 0.717) is 35.8 Å². The number of amides is 8. The maximum Gasteiger partial charge on any atom is 0.396 e. The molecular formula is C59H67N10O13P. The highest BCUT2D eigenvalue weighted by Crippen LogP contribution is 2.40. The van der Waals surface area contributed by atoms with Gasteiger partial charge in [-0.2, -0.15) is 0 Å². The second-order valence-corrected chi connectivity index (χ2v) is 23.1. The first-order valence-corrected chi connectivity index (χ1v) is 29.5. The summed E-state index contributed by atoms with van der Waals surface area (Å²) in [6.07, 6.45) is 5.53. The molecule has 2 aromatic heterocycles. The van der Waals surface area contributed by atoms with Crippen molar-refractivity contribution in [2.24, 2.45) is 12.8 Å². The highest BCUT2D eigenvalue weighted by Gasteiger charge is 2.46. The number of imidazole rings is 1. The Labute approximate surface area is 476 Å². The third-order valence-electron chi connectivity index (χ3n) is 15.9. The van der Waals surface area contributed by atoms with Gasteiger partial charge in [0.05, 0.1) is 17.1 Å². The number of hydrogen-bond acceptors (Lipinski definition) is 11. The summed E-state index contributed by atoms with van der Waals surface area (Å²) in [5.74, 6) is -4.47. The number of carbonyl (C=O) groups excluding carboxylic acids is 9. The van der Waals surface area contributed by atoms with Crippen molar-refractivity contribution in [3.8, 4) is 0 Å². The number of imide groups is 1. The Morgan fingerprint density at radius 3 is 2.16 bits per heavy atom. The van der Waals surface area contributed by atoms with E-state index in [1.807, 2.05) is 78.9 Å². The van der Waals surface area contributed by atoms with Gasteiger partial charge in [0, 0.05) is 61.9 Å². The van der Waals surface area contributed by atoms with Gasteiger partial charge in [-0.05, 0) is 104 Å². The number of aromatic amines is 1. The number of carbonyl (C=O) groups is 9. The Morgan fingerprint density at radius 2 is 1.47 bits per heavy atom. The number of hydrogen-bond donors (Lipinski definition) is 8. The number of aromatic nitrogens is 3. The summed E-state index contributed by atoms with van der Waals surface area (Å²) in [5, 5.41) is 11.2. The van der Waals surface area contributed by atoms with Gasteiger partial charge in [0.25, 0.3) is 11.4 Å². The van der Waals surface area contributed by atoms with Crippen LogP contribution < -0.4 is 32.7 Å². The molecule has 6 aromatic rings. The van der Waals surface area contributed by atoms with Gasteiger partial charge in [-0.1, -0.05) is 86.0 Å². The molecule has 23 nitrogen and oxygen atoms in total. The van der Waals surface area contributed by atoms with Crippen molar-refractivity contribution in [1.29, 1.82) is 0 Å². The Balaban J connectivity index is 0.868. The smallest absolute Gasteiger partial charge is 0.370 e. The van der Waals surface area contributed by atoms with Crippen LogP contribution in [-0.4, -0.2) is 124 Å². The van der Waals surface area contributed by atoms with Crippen LogP contribution in [0.5, 0.6) is 0 Å². The number of benzene rings is 4. The SMILES string of the molecule is Cn1c(=O)n(C2CCC(=O)NC2=O)c2ccc(CCCCCCCC(=O)N3CC[C@H]4CC[C@@H](C(=O)N[C@@H](CCC(N)=O)C(=O)NC(c5ccccc5)c5ccccc5)N4C(=O)[C@@H](NC(=O)c4cc5cc(C(=O)P(=O)(O)O)ccc5[nH]4)C3)cc21. The Morgan fingerprint density at radius 1 is 0.771 bits per heavy atom. The molecular weight excluding hydrogens is 1090 g/mol. The van der Waals surface area contributed by atoms with Gasteiger partial charge in [-0.3, -0.25) is 62.2 Å². The summed E-state index contributed by atoms with van der Waals surface area (Å²) in [4.78, 5) is 159. The minimum atomic E-state index is -5.12. The van der Waals surface area contributed by atoms with Crippen molar-refractivity contribution >= 4 is 82.3 Å². The van der Waals surface area contributed by atoms with Gasteiger partial charge in [0.15, 0.2) is 0 Å². The van der Waals surface area contributed by atoms with E-state index >= 15 is 4.79 Å². The fourth-order valence-electron chi connectivity index (χ4n) is 11.6. The standard InChI is InChI=1S/C59H67N10O13P/c1-66-48-31-35(19-24-45(48)69(59(66)79)47-26-28-50(71)64-56(47)76)13-7-3-2-4-12-18-51(72)67-30-29-40-21-25-46(55(75)62-42(23-27-49(60)70)53(73)65-52(36-14-8-5-9-15-36)37-16-10-6-11-17-37)68(40)57(77)44(34-67)63-54(74)43-33-39-32-38(20-22-41(39)61-43)58(78)83(80,81)82/h5-6,8-11,14-17,19-20,22,24,31-33,40,42,44,46-47,52,61H,2-4,7,12-13,18,21,23,25-30,34H2,1H3,(H2,60,70)(H,62,75)(H,63,74)(H,65,73)(H,64,71,76)(H2,80,81,82)/t40-,42+,44+,46+,47?/m1/s1. The minimum Gasteiger partial charge on any atom is -0.370 e. The lowest BCUT2D eigenvalue weighted by molar-refractivity contribution is -0.145. The third-order valence-corrected chi connectivity index (χ3v) is 16.7. The highest BCUT2D eigenvalue weighted by atomic mass is 31.2. The molecule has 24 heteroatoms. The molecule has 5 atom stereocenters. The fraction of sp³-hybridized carbons (Fsp3) is 0.390. The van der Waals surface area contributed by atoms with E-state index in [4.69, 9.17) is 5.73 Å². The number of nitrogens with one attached hydrogen (secondary N) is 5. The average Bonchev–Trinajstić information content (AvgIpc) is 3.19. The summed E-state index contributed by atoms with van der Waals surface area (Å²) in [6, 6.07) is 23.6. The molecule has 9 rings (SSSR count). The molecule has 3 saturated heterocycles. The van der Waals surface area contributed by atoms with Crippen molar-refractivity contribution in [3.63, 3.8) is 0 Å². The van der Waals surface area contributed by atoms with Crippen LogP contribution in [0.3, 0.4) is 0 Å². The van der Waals surface area contributed by atoms with Gasteiger partial charge in [-0.15, -0.1) is 0 Å². The summed E-state index contributed by atoms with van der Waals surface area (Å²) >= 11 is 0. The largest absolute Gasteiger partial charge is 0.396 e. The van der Waals surface area contributed by atoms with Gasteiger partial charge in [0.2, 0.25) is 41.4 Å². The van der Waals surface area contributed by atoms with E-state index in [-0.39, 0.29) is 85.8 Å². The highest BCUT2D eigenvalue weighted by molar-refractivity contribution is 7.70. The van der Waals surface area contributed by atoms with Crippen LogP contribution in [0.4, 0.5) is 0 Å². The predicted octanol–water partition coefficient (Wildman–Crippen LogP) is 4.05. The maximum atomic E-state index is 15.0. The zero-order valence-corrected chi connectivity index (χ0v) is 46.7. The van der Waals surface area contributed by atoms with E-state index in [1.165, 1.54) is 38.3 Å². The summed E-state index contributed by atoms with van der Waals surface area (Å²) in [7, 11) is -3.47. The molecule has 1 unspecified atom stereocenters. The zero-order chi connectivity index (χ0) is 59.1. The Kier molecular flexibility index (Phi) is 18.3. The number of nitrogens with two attached hydrogens (primary N) is 1. The molecule has 0 saturated carbocycles. The van der Waals surface area contributed by atoms with Gasteiger partial charge in [-0.25, -0.2) is 4.79 Å². The van der Waals surface area contributed by atoms with E-state index in [9.17, 15) is 57.5 Å². The van der Waals surface area contributed by atoms with Gasteiger partial charge in [0.1, 0.15) is 29.9 Å². The first-order chi connectivity index (χ1) is 39.7. The Bertz CT molecular complexity index is 3550. The van der Waals surface area contributed by atoms with Crippen molar-refractivity contribution in [3.05, 3.63) is 142 Å². The zero-order valence-electron chi connectivity index (χ0n) is 45.8. The van der Waals surface area contributed by atoms with E-state index in [1.54, 1.807) is 11.9 Å². The van der Waals surface area contributed by atoms with Crippen LogP contribution in [0.1, 0.15) is 133 Å². The number of aryl methyl sites for hydroxylation is 2. The van der Waals surface area contributed by atoms with Crippen LogP contribution in [0, 0.1) is 0 Å². The first kappa shape index (κ1) is 59.1. The number of nitrogens with zero attached hydrogens (tertiary/aromatic N) is 4. The van der Waals surface area contributed by atoms with Crippen LogP contribution in [-0.2, 0) is 51.6 Å². The average molecular weight is 1160 g/mol. The molecule has 9 N–H and O–H groups in total. The normalized spacial score (nSPS) is 18.8. The molecule has 436 valence electrons. The molecule has 4 aromatic carbocycles. The predicted molar refractivity (Wildman–Crippen MR) is 304 cm³/mol. The molecule has 3 aliphatic rings. The summed E-state index contributed by atoms with van der Waals surface area (Å²) in [5.41, 5.74) is 7.65. The molecule has 83 heavy (non-hydrogen) atoms. The number of piperidine rings is 1. The monoisotopic (exact) mass is 1150 g/mol. The number of H-pyrrole nitrogens is 1. The van der Waals surface area contributed by atoms with Gasteiger partial charge < -0.3 is 46.3 Å². The van der Waals surface area contributed by atoms with Crippen molar-refractivity contribution in [1.82, 2.24) is 45.2 Å². The topological polar surface area (TPSA) is 335 Å². The second kappa shape index (κ2) is 25.7. The van der Waals surface area contributed by atoms with Crippen LogP contribution in [0.25, 0.3) is 21.9 Å². The maximum absolute atomic E-state index is 15.0. The fourth-order valence-corrected chi connectivity index (χ4v) is 12.0. The van der Waals surface area contributed by atoms with Crippen LogP contribution >= 0.6 is 7.60 Å². The number of fused-ring (bicyclic) bond motifs is 3. The summed E-state index contributed by atoms with van der Waals surface area (Å²) in [6.45, 7) is -0.0629. The molecule has 5 heterocycles. The lowest BCUT2D eigenvalue weighted by Gasteiger charge is -2.39. The Hall–Kier alpha value is -8.53. The lowest BCUT2D eigenvalue weighted by Crippen LogP contribution is -2.62. The summed E-state index contributed by atoms with van der Waals surface area (Å²) < 4.78 is 14.7. The minimum absolute atomic E-state index is 0.0663. The van der Waals surface area contributed by atoms with Crippen molar-refractivity contribution < 1.29 is 57.5 Å². The third kappa shape index (κ3) is 13.7. The molecule has 0 radical (unpaired) electrons. The lowest BCUT2D eigenvalue weighted by atomic mass is 9.98. The second-order valence-electron chi connectivity index (χ2n) is 21.6. The molecule has 0 spiro atoms. The van der Waals surface area contributed by atoms with E-state index in [2.05, 4.69) is 26.3 Å². The molecule has 3 fully saturated rings. The van der Waals surface area contributed by atoms with E-state index < -0.39 is 84.8 Å². The first-order valence-electron chi connectivity index (χ1n) is 27.9. The van der Waals surface area contributed by atoms with E-state index in [0.717, 1.165) is 48.8 Å². The number of primary amides is 1. The van der Waals surface area contributed by atoms with Crippen LogP contribution in [0.15, 0.2) is 108 Å².